The van der Waals surface area contributed by atoms with Crippen molar-refractivity contribution in [3.8, 4) is 0 Å². The van der Waals surface area contributed by atoms with Crippen LogP contribution in [-0.2, 0) is 5.88 Å². The van der Waals surface area contributed by atoms with Crippen LogP contribution in [0.25, 0.3) is 0 Å². The van der Waals surface area contributed by atoms with Crippen molar-refractivity contribution < 1.29 is 0 Å². The summed E-state index contributed by atoms with van der Waals surface area (Å²) < 4.78 is 0. The van der Waals surface area contributed by atoms with E-state index in [0.717, 1.165) is 0 Å². The number of unbranched alkanes of at least 4 members (excludes halogenated alkanes) is 26. The molecular weight excluding hydrogens is 516 g/mol. The maximum atomic E-state index is 6.36. The number of hydrogen-bond donors (Lipinski definition) is 0. The summed E-state index contributed by atoms with van der Waals surface area (Å²) in [6, 6.07) is 9.02. The Bertz CT molecular complexity index is 605. The van der Waals surface area contributed by atoms with Crippen LogP contribution in [0.15, 0.2) is 24.3 Å². The molecular formula is C40H73Cl. The minimum atomic E-state index is 0.657. The van der Waals surface area contributed by atoms with Crippen LogP contribution in [0, 0.1) is 0 Å². The van der Waals surface area contributed by atoms with Crippen LogP contribution in [0.3, 0.4) is 0 Å². The van der Waals surface area contributed by atoms with E-state index in [-0.39, 0.29) is 0 Å². The van der Waals surface area contributed by atoms with Crippen LogP contribution in [0.2, 0.25) is 0 Å². The zero-order valence-electron chi connectivity index (χ0n) is 28.2. The molecule has 0 saturated carbocycles. The van der Waals surface area contributed by atoms with E-state index in [1.54, 1.807) is 5.56 Å². The van der Waals surface area contributed by atoms with Gasteiger partial charge in [0.15, 0.2) is 0 Å². The number of halogens is 1. The molecule has 0 spiro atoms. The highest BCUT2D eigenvalue weighted by Gasteiger charge is 2.14. The van der Waals surface area contributed by atoms with Gasteiger partial charge in [0.05, 0.1) is 0 Å². The van der Waals surface area contributed by atoms with Gasteiger partial charge in [-0.15, -0.1) is 11.6 Å². The van der Waals surface area contributed by atoms with E-state index in [1.807, 2.05) is 0 Å². The van der Waals surface area contributed by atoms with Gasteiger partial charge in [-0.25, -0.2) is 0 Å². The Morgan fingerprint density at radius 1 is 0.415 bits per heavy atom. The Labute approximate surface area is 264 Å². The second-order valence-corrected chi connectivity index (χ2v) is 13.6. The van der Waals surface area contributed by atoms with Gasteiger partial charge >= 0.3 is 0 Å². The Morgan fingerprint density at radius 3 is 1.02 bits per heavy atom. The molecule has 1 aromatic carbocycles. The topological polar surface area (TPSA) is 0 Å². The summed E-state index contributed by atoms with van der Waals surface area (Å²) in [5.41, 5.74) is 2.92. The second kappa shape index (κ2) is 31.0. The molecule has 0 aliphatic rings. The zero-order chi connectivity index (χ0) is 29.5. The Balaban J connectivity index is 2.12. The van der Waals surface area contributed by atoms with Crippen molar-refractivity contribution in [2.24, 2.45) is 0 Å². The maximum absolute atomic E-state index is 6.36. The normalized spacial score (nSPS) is 11.6. The highest BCUT2D eigenvalue weighted by Crippen LogP contribution is 2.32. The number of rotatable bonds is 32. The van der Waals surface area contributed by atoms with Gasteiger partial charge in [0.1, 0.15) is 0 Å². The fourth-order valence-corrected chi connectivity index (χ4v) is 6.92. The lowest BCUT2D eigenvalue weighted by atomic mass is 9.86. The van der Waals surface area contributed by atoms with E-state index >= 15 is 0 Å². The lowest BCUT2D eigenvalue weighted by Gasteiger charge is -2.20. The lowest BCUT2D eigenvalue weighted by Crippen LogP contribution is -2.03. The van der Waals surface area contributed by atoms with E-state index < -0.39 is 0 Å². The Hall–Kier alpha value is -0.490. The molecule has 1 aromatic rings. The first kappa shape index (κ1) is 38.5. The molecule has 0 amide bonds. The molecule has 0 unspecified atom stereocenters. The van der Waals surface area contributed by atoms with Crippen molar-refractivity contribution >= 4 is 11.6 Å². The summed E-state index contributed by atoms with van der Waals surface area (Å²) >= 11 is 6.36. The zero-order valence-corrected chi connectivity index (χ0v) is 28.9. The summed E-state index contributed by atoms with van der Waals surface area (Å²) in [4.78, 5) is 0. The molecule has 0 saturated heterocycles. The minimum Gasteiger partial charge on any atom is -0.122 e. The minimum absolute atomic E-state index is 0.657. The van der Waals surface area contributed by atoms with E-state index in [4.69, 9.17) is 11.6 Å². The lowest BCUT2D eigenvalue weighted by molar-refractivity contribution is 0.478. The van der Waals surface area contributed by atoms with E-state index in [9.17, 15) is 0 Å². The first-order valence-electron chi connectivity index (χ1n) is 19.0. The van der Waals surface area contributed by atoms with Gasteiger partial charge in [0, 0.05) is 5.88 Å². The molecule has 0 aliphatic carbocycles. The largest absolute Gasteiger partial charge is 0.122 e. The maximum Gasteiger partial charge on any atom is 0.0476 e. The van der Waals surface area contributed by atoms with Gasteiger partial charge in [-0.1, -0.05) is 218 Å². The van der Waals surface area contributed by atoms with Gasteiger partial charge in [-0.3, -0.25) is 0 Å². The van der Waals surface area contributed by atoms with Crippen molar-refractivity contribution in [1.29, 1.82) is 0 Å². The molecule has 240 valence electrons. The summed E-state index contributed by atoms with van der Waals surface area (Å²) in [7, 11) is 0. The first-order valence-corrected chi connectivity index (χ1v) is 19.5. The van der Waals surface area contributed by atoms with Gasteiger partial charge in [0.2, 0.25) is 0 Å². The third-order valence-electron chi connectivity index (χ3n) is 9.45. The van der Waals surface area contributed by atoms with E-state index in [2.05, 4.69) is 38.1 Å². The van der Waals surface area contributed by atoms with Crippen LogP contribution >= 0.6 is 11.6 Å². The summed E-state index contributed by atoms with van der Waals surface area (Å²) in [5, 5.41) is 0. The van der Waals surface area contributed by atoms with Crippen LogP contribution < -0.4 is 0 Å². The number of benzene rings is 1. The van der Waals surface area contributed by atoms with Crippen molar-refractivity contribution in [3.63, 3.8) is 0 Å². The Morgan fingerprint density at radius 2 is 0.707 bits per heavy atom. The van der Waals surface area contributed by atoms with Gasteiger partial charge in [-0.2, -0.15) is 0 Å². The smallest absolute Gasteiger partial charge is 0.0476 e. The molecule has 0 radical (unpaired) electrons. The SMILES string of the molecule is CCCCCCCCCCCCCCCCC(CCCCCCCCCCCCCCCC)c1ccccc1CCl. The molecule has 41 heavy (non-hydrogen) atoms. The average molecular weight is 589 g/mol. The molecule has 0 N–H and O–H groups in total. The molecule has 0 aromatic heterocycles. The summed E-state index contributed by atoms with van der Waals surface area (Å²) in [6.45, 7) is 4.61. The van der Waals surface area contributed by atoms with Gasteiger partial charge < -0.3 is 0 Å². The first-order chi connectivity index (χ1) is 20.3. The van der Waals surface area contributed by atoms with Crippen LogP contribution in [0.1, 0.15) is 224 Å². The predicted molar refractivity (Wildman–Crippen MR) is 189 cm³/mol. The van der Waals surface area contributed by atoms with E-state index in [0.29, 0.717) is 11.8 Å². The van der Waals surface area contributed by atoms with Crippen LogP contribution in [0.5, 0.6) is 0 Å². The van der Waals surface area contributed by atoms with Crippen molar-refractivity contribution in [2.75, 3.05) is 0 Å². The highest BCUT2D eigenvalue weighted by atomic mass is 35.5. The summed E-state index contributed by atoms with van der Waals surface area (Å²) in [5.74, 6) is 1.36. The van der Waals surface area contributed by atoms with Gasteiger partial charge in [-0.05, 0) is 29.9 Å². The third-order valence-corrected chi connectivity index (χ3v) is 9.74. The Kier molecular flexibility index (Phi) is 29.1. The molecule has 0 bridgehead atoms. The molecule has 0 fully saturated rings. The fourth-order valence-electron chi connectivity index (χ4n) is 6.68. The number of alkyl halides is 1. The van der Waals surface area contributed by atoms with E-state index in [1.165, 1.54) is 198 Å². The average Bonchev–Trinajstić information content (AvgIpc) is 3.00. The van der Waals surface area contributed by atoms with Gasteiger partial charge in [0.25, 0.3) is 0 Å². The van der Waals surface area contributed by atoms with Crippen LogP contribution in [0.4, 0.5) is 0 Å². The monoisotopic (exact) mass is 589 g/mol. The van der Waals surface area contributed by atoms with Crippen molar-refractivity contribution in [3.05, 3.63) is 35.4 Å². The van der Waals surface area contributed by atoms with Crippen molar-refractivity contribution in [1.82, 2.24) is 0 Å². The van der Waals surface area contributed by atoms with Crippen molar-refractivity contribution in [2.45, 2.75) is 218 Å². The fraction of sp³-hybridized carbons (Fsp3) is 0.850. The standard InChI is InChI=1S/C40H73Cl/c1-3-5-7-9-11-13-15-17-19-21-23-25-27-29-33-38(40-36-32-31-35-39(40)37-41)34-30-28-26-24-22-20-18-16-14-12-10-8-6-4-2/h31-32,35-36,38H,3-30,33-34,37H2,1-2H3. The second-order valence-electron chi connectivity index (χ2n) is 13.3. The quantitative estimate of drug-likeness (QED) is 0.0579. The molecule has 1 rings (SSSR count). The molecule has 1 heteroatoms. The summed E-state index contributed by atoms with van der Waals surface area (Å²) in [6.07, 6.45) is 43.0. The third kappa shape index (κ3) is 23.6. The molecule has 0 nitrogen and oxygen atoms in total. The molecule has 0 atom stereocenters. The molecule has 0 aliphatic heterocycles. The highest BCUT2D eigenvalue weighted by molar-refractivity contribution is 6.17. The molecule has 0 heterocycles. The number of hydrogen-bond acceptors (Lipinski definition) is 0. The predicted octanol–water partition coefficient (Wildman–Crippen LogP) is 15.3. The van der Waals surface area contributed by atoms with Crippen LogP contribution in [-0.4, -0.2) is 0 Å².